The number of fused-ring (bicyclic) bond motifs is 3. The normalized spacial score (nSPS) is 20.3. The van der Waals surface area contributed by atoms with Crippen molar-refractivity contribution < 1.29 is 27.8 Å². The minimum Gasteiger partial charge on any atom is -0.477 e. The molecule has 6 nitrogen and oxygen atoms in total. The number of methoxy groups -OCH3 is 1. The first kappa shape index (κ1) is 18.2. The van der Waals surface area contributed by atoms with Crippen LogP contribution in [0.2, 0.25) is 0 Å². The number of pyridine rings is 1. The Morgan fingerprint density at radius 1 is 1.21 bits per heavy atom. The van der Waals surface area contributed by atoms with E-state index >= 15 is 8.78 Å². The Kier molecular flexibility index (Phi) is 4.21. The molecule has 0 spiro atoms. The van der Waals surface area contributed by atoms with Crippen LogP contribution in [0.1, 0.15) is 28.6 Å². The standard InChI is InChI=1S/C20H18F2N2O4/c1-11-12(2)24-10-9-14-16(18(24)23-11)27-15(13-7-5-4-6-8-13)17(20(14,21)22)28-19(25)26-3/h4-10,15,17H,1-3H3/t15-,17-/m1/s1. The molecule has 2 atom stereocenters. The Hall–Kier alpha value is -3.16. The fourth-order valence-electron chi connectivity index (χ4n) is 3.40. The molecule has 0 saturated heterocycles. The van der Waals surface area contributed by atoms with Crippen LogP contribution >= 0.6 is 0 Å². The van der Waals surface area contributed by atoms with E-state index < -0.39 is 24.3 Å². The Labute approximate surface area is 159 Å². The second kappa shape index (κ2) is 6.47. The van der Waals surface area contributed by atoms with Crippen molar-refractivity contribution in [1.29, 1.82) is 0 Å². The van der Waals surface area contributed by atoms with Crippen molar-refractivity contribution in [2.45, 2.75) is 32.0 Å². The second-order valence-electron chi connectivity index (χ2n) is 6.60. The topological polar surface area (TPSA) is 62.1 Å². The smallest absolute Gasteiger partial charge is 0.477 e. The van der Waals surface area contributed by atoms with E-state index in [9.17, 15) is 4.79 Å². The molecule has 2 aromatic heterocycles. The largest absolute Gasteiger partial charge is 0.508 e. The molecular formula is C20H18F2N2O4. The van der Waals surface area contributed by atoms with Crippen LogP contribution in [0.3, 0.4) is 0 Å². The molecule has 0 aliphatic carbocycles. The molecule has 0 saturated carbocycles. The predicted octanol–water partition coefficient (Wildman–Crippen LogP) is 4.33. The van der Waals surface area contributed by atoms with Gasteiger partial charge in [0.1, 0.15) is 0 Å². The maximum atomic E-state index is 15.5. The Balaban J connectivity index is 1.93. The summed E-state index contributed by atoms with van der Waals surface area (Å²) in [6.07, 6.45) is -2.81. The summed E-state index contributed by atoms with van der Waals surface area (Å²) in [4.78, 5) is 16.1. The average molecular weight is 388 g/mol. The second-order valence-corrected chi connectivity index (χ2v) is 6.60. The molecule has 8 heteroatoms. The third kappa shape index (κ3) is 2.67. The van der Waals surface area contributed by atoms with Crippen molar-refractivity contribution in [1.82, 2.24) is 9.38 Å². The van der Waals surface area contributed by atoms with Crippen LogP contribution in [-0.2, 0) is 15.4 Å². The van der Waals surface area contributed by atoms with Gasteiger partial charge in [-0.15, -0.1) is 0 Å². The number of carbonyl (C=O) groups is 1. The quantitative estimate of drug-likeness (QED) is 0.612. The number of benzene rings is 1. The molecule has 0 fully saturated rings. The molecule has 1 aliphatic heterocycles. The number of hydrogen-bond donors (Lipinski definition) is 0. The lowest BCUT2D eigenvalue weighted by Gasteiger charge is -2.38. The number of halogens is 2. The molecular weight excluding hydrogens is 370 g/mol. The highest BCUT2D eigenvalue weighted by Gasteiger charge is 2.56. The van der Waals surface area contributed by atoms with E-state index in [-0.39, 0.29) is 11.3 Å². The van der Waals surface area contributed by atoms with Gasteiger partial charge in [0.05, 0.1) is 18.4 Å². The lowest BCUT2D eigenvalue weighted by atomic mass is 9.91. The first-order chi connectivity index (χ1) is 13.3. The van der Waals surface area contributed by atoms with Crippen molar-refractivity contribution in [3.63, 3.8) is 0 Å². The van der Waals surface area contributed by atoms with Crippen molar-refractivity contribution in [2.75, 3.05) is 7.11 Å². The third-order valence-corrected chi connectivity index (χ3v) is 4.98. The summed E-state index contributed by atoms with van der Waals surface area (Å²) in [6, 6.07) is 9.71. The molecule has 0 unspecified atom stereocenters. The minimum absolute atomic E-state index is 0.0257. The molecule has 0 N–H and O–H groups in total. The van der Waals surface area contributed by atoms with E-state index in [2.05, 4.69) is 9.72 Å². The molecule has 3 heterocycles. The number of hydrogen-bond acceptors (Lipinski definition) is 5. The van der Waals surface area contributed by atoms with E-state index in [0.29, 0.717) is 16.9 Å². The maximum absolute atomic E-state index is 15.5. The SMILES string of the molecule is COC(=O)O[C@@H]1[C@@H](c2ccccc2)Oc2c(ccn3c(C)c(C)nc23)C1(F)F. The van der Waals surface area contributed by atoms with E-state index in [4.69, 9.17) is 9.47 Å². The van der Waals surface area contributed by atoms with Gasteiger partial charge in [-0.3, -0.25) is 0 Å². The van der Waals surface area contributed by atoms with Crippen LogP contribution < -0.4 is 4.74 Å². The molecule has 0 bridgehead atoms. The minimum atomic E-state index is -3.52. The van der Waals surface area contributed by atoms with E-state index in [1.165, 1.54) is 12.3 Å². The lowest BCUT2D eigenvalue weighted by Crippen LogP contribution is -2.45. The highest BCUT2D eigenvalue weighted by atomic mass is 19.3. The van der Waals surface area contributed by atoms with Crippen molar-refractivity contribution in [3.8, 4) is 5.75 Å². The number of rotatable bonds is 2. The highest BCUT2D eigenvalue weighted by Crippen LogP contribution is 2.51. The third-order valence-electron chi connectivity index (χ3n) is 4.98. The molecule has 0 amide bonds. The van der Waals surface area contributed by atoms with Gasteiger partial charge in [0, 0.05) is 11.9 Å². The number of carbonyl (C=O) groups excluding carboxylic acids is 1. The Bertz CT molecular complexity index is 1050. The van der Waals surface area contributed by atoms with Gasteiger partial charge in [0.2, 0.25) is 6.10 Å². The van der Waals surface area contributed by atoms with Gasteiger partial charge in [0.25, 0.3) is 0 Å². The number of aromatic nitrogens is 2. The van der Waals surface area contributed by atoms with Crippen LogP contribution in [0.4, 0.5) is 13.6 Å². The summed E-state index contributed by atoms with van der Waals surface area (Å²) < 4.78 is 48.1. The summed E-state index contributed by atoms with van der Waals surface area (Å²) in [5.74, 6) is -3.54. The van der Waals surface area contributed by atoms with E-state index in [1.807, 2.05) is 6.92 Å². The van der Waals surface area contributed by atoms with Gasteiger partial charge in [-0.25, -0.2) is 9.78 Å². The van der Waals surface area contributed by atoms with Gasteiger partial charge in [-0.1, -0.05) is 30.3 Å². The molecule has 146 valence electrons. The number of alkyl halides is 2. The van der Waals surface area contributed by atoms with Gasteiger partial charge in [-0.2, -0.15) is 8.78 Å². The maximum Gasteiger partial charge on any atom is 0.508 e. The number of nitrogens with zero attached hydrogens (tertiary/aromatic N) is 2. The monoisotopic (exact) mass is 388 g/mol. The van der Waals surface area contributed by atoms with Gasteiger partial charge < -0.3 is 18.6 Å². The van der Waals surface area contributed by atoms with Crippen LogP contribution in [0.25, 0.3) is 5.65 Å². The summed E-state index contributed by atoms with van der Waals surface area (Å²) in [7, 11) is 1.06. The Morgan fingerprint density at radius 2 is 1.93 bits per heavy atom. The van der Waals surface area contributed by atoms with Gasteiger partial charge in [-0.05, 0) is 25.5 Å². The first-order valence-corrected chi connectivity index (χ1v) is 8.67. The lowest BCUT2D eigenvalue weighted by molar-refractivity contribution is -0.177. The van der Waals surface area contributed by atoms with E-state index in [0.717, 1.165) is 12.8 Å². The summed E-state index contributed by atoms with van der Waals surface area (Å²) in [5, 5.41) is 0. The van der Waals surface area contributed by atoms with Gasteiger partial charge in [0.15, 0.2) is 17.5 Å². The van der Waals surface area contributed by atoms with Crippen LogP contribution in [0, 0.1) is 13.8 Å². The molecule has 0 radical (unpaired) electrons. The van der Waals surface area contributed by atoms with Crippen LogP contribution in [-0.4, -0.2) is 28.8 Å². The summed E-state index contributed by atoms with van der Waals surface area (Å²) >= 11 is 0. The summed E-state index contributed by atoms with van der Waals surface area (Å²) in [6.45, 7) is 3.65. The van der Waals surface area contributed by atoms with Crippen molar-refractivity contribution in [2.24, 2.45) is 0 Å². The average Bonchev–Trinajstić information content (AvgIpc) is 2.98. The molecule has 28 heavy (non-hydrogen) atoms. The molecule has 1 aromatic carbocycles. The zero-order chi connectivity index (χ0) is 20.1. The first-order valence-electron chi connectivity index (χ1n) is 8.67. The predicted molar refractivity (Wildman–Crippen MR) is 95.6 cm³/mol. The van der Waals surface area contributed by atoms with Crippen molar-refractivity contribution in [3.05, 3.63) is 65.1 Å². The molecule has 3 aromatic rings. The fourth-order valence-corrected chi connectivity index (χ4v) is 3.40. The van der Waals surface area contributed by atoms with Gasteiger partial charge >= 0.3 is 12.1 Å². The fraction of sp³-hybridized carbons (Fsp3) is 0.300. The number of ether oxygens (including phenoxy) is 3. The highest BCUT2D eigenvalue weighted by molar-refractivity contribution is 5.64. The Morgan fingerprint density at radius 3 is 2.61 bits per heavy atom. The molecule has 4 rings (SSSR count). The number of imidazole rings is 1. The summed E-state index contributed by atoms with van der Waals surface area (Å²) in [5.41, 5.74) is 1.90. The zero-order valence-corrected chi connectivity index (χ0v) is 15.5. The molecule has 1 aliphatic rings. The van der Waals surface area contributed by atoms with Crippen LogP contribution in [0.5, 0.6) is 5.75 Å². The van der Waals surface area contributed by atoms with Crippen LogP contribution in [0.15, 0.2) is 42.6 Å². The van der Waals surface area contributed by atoms with E-state index in [1.54, 1.807) is 41.7 Å². The zero-order valence-electron chi connectivity index (χ0n) is 15.5. The van der Waals surface area contributed by atoms with Crippen molar-refractivity contribution >= 4 is 11.8 Å². The number of aryl methyl sites for hydroxylation is 2.